The second kappa shape index (κ2) is 5.50. The molecule has 6 heteroatoms. The van der Waals surface area contributed by atoms with Crippen molar-refractivity contribution in [2.45, 2.75) is 25.7 Å². The summed E-state index contributed by atoms with van der Waals surface area (Å²) in [4.78, 5) is 2.38. The molecule has 0 bridgehead atoms. The van der Waals surface area contributed by atoms with E-state index in [1.165, 1.54) is 25.0 Å². The average Bonchev–Trinajstić information content (AvgIpc) is 3.01. The predicted octanol–water partition coefficient (Wildman–Crippen LogP) is 2.77. The van der Waals surface area contributed by atoms with Crippen molar-refractivity contribution < 1.29 is 17.9 Å². The molecule has 0 saturated carbocycles. The van der Waals surface area contributed by atoms with Gasteiger partial charge < -0.3 is 10.1 Å². The van der Waals surface area contributed by atoms with Crippen molar-refractivity contribution in [3.63, 3.8) is 0 Å². The Hall–Kier alpha value is -1.27. The number of benzene rings is 1. The first kappa shape index (κ1) is 14.7. The Kier molecular flexibility index (Phi) is 3.84. The maximum Gasteiger partial charge on any atom is 0.573 e. The summed E-state index contributed by atoms with van der Waals surface area (Å²) in [5, 5.41) is 3.42. The summed E-state index contributed by atoms with van der Waals surface area (Å²) < 4.78 is 40.2. The van der Waals surface area contributed by atoms with E-state index in [0.717, 1.165) is 38.3 Å². The van der Waals surface area contributed by atoms with E-state index in [4.69, 9.17) is 0 Å². The maximum atomic E-state index is 12.1. The van der Waals surface area contributed by atoms with E-state index >= 15 is 0 Å². The van der Waals surface area contributed by atoms with Crippen LogP contribution in [-0.4, -0.2) is 37.4 Å². The maximum absolute atomic E-state index is 12.1. The molecular weight excluding hydrogens is 281 g/mol. The van der Waals surface area contributed by atoms with Crippen molar-refractivity contribution >= 4 is 0 Å². The van der Waals surface area contributed by atoms with Gasteiger partial charge in [-0.1, -0.05) is 12.1 Å². The van der Waals surface area contributed by atoms with Crippen LogP contribution in [0.15, 0.2) is 24.3 Å². The van der Waals surface area contributed by atoms with Crippen LogP contribution in [0.1, 0.15) is 18.4 Å². The van der Waals surface area contributed by atoms with Gasteiger partial charge in [0.05, 0.1) is 0 Å². The molecule has 0 amide bonds. The van der Waals surface area contributed by atoms with Gasteiger partial charge in [0.15, 0.2) is 0 Å². The summed E-state index contributed by atoms with van der Waals surface area (Å²) >= 11 is 0. The Morgan fingerprint density at radius 1 is 1.19 bits per heavy atom. The normalized spacial score (nSPS) is 26.6. The Labute approximate surface area is 122 Å². The van der Waals surface area contributed by atoms with Gasteiger partial charge in [-0.05, 0) is 49.0 Å². The van der Waals surface area contributed by atoms with Crippen LogP contribution < -0.4 is 10.1 Å². The Morgan fingerprint density at radius 2 is 1.95 bits per heavy atom. The highest BCUT2D eigenvalue weighted by atomic mass is 19.4. The molecule has 116 valence electrons. The molecule has 0 radical (unpaired) electrons. The van der Waals surface area contributed by atoms with Gasteiger partial charge >= 0.3 is 6.36 Å². The summed E-state index contributed by atoms with van der Waals surface area (Å²) in [5.74, 6) is -0.163. The standard InChI is InChI=1S/C15H19F3N2O/c16-15(17,18)21-13-3-1-12(2-4-13)9-20-8-6-14(11-20)5-7-19-10-14/h1-4,19H,5-11H2. The lowest BCUT2D eigenvalue weighted by atomic mass is 9.86. The van der Waals surface area contributed by atoms with Gasteiger partial charge in [0, 0.05) is 19.6 Å². The zero-order valence-electron chi connectivity index (χ0n) is 11.7. The summed E-state index contributed by atoms with van der Waals surface area (Å²) in [6, 6.07) is 6.18. The van der Waals surface area contributed by atoms with Gasteiger partial charge in [0.2, 0.25) is 0 Å². The Morgan fingerprint density at radius 3 is 2.57 bits per heavy atom. The molecule has 2 aliphatic rings. The molecule has 1 atom stereocenters. The predicted molar refractivity (Wildman–Crippen MR) is 72.9 cm³/mol. The smallest absolute Gasteiger partial charge is 0.406 e. The number of rotatable bonds is 3. The number of alkyl halides is 3. The van der Waals surface area contributed by atoms with E-state index < -0.39 is 6.36 Å². The van der Waals surface area contributed by atoms with E-state index in [9.17, 15) is 13.2 Å². The van der Waals surface area contributed by atoms with Crippen molar-refractivity contribution in [2.24, 2.45) is 5.41 Å². The fraction of sp³-hybridized carbons (Fsp3) is 0.600. The van der Waals surface area contributed by atoms with E-state index in [1.807, 2.05) is 0 Å². The number of nitrogens with one attached hydrogen (secondary N) is 1. The van der Waals surface area contributed by atoms with E-state index in [2.05, 4.69) is 15.0 Å². The van der Waals surface area contributed by atoms with Crippen LogP contribution in [0.2, 0.25) is 0 Å². The molecule has 3 nitrogen and oxygen atoms in total. The fourth-order valence-electron chi connectivity index (χ4n) is 3.36. The van der Waals surface area contributed by atoms with Gasteiger partial charge in [-0.3, -0.25) is 4.90 Å². The van der Waals surface area contributed by atoms with Crippen molar-refractivity contribution in [1.29, 1.82) is 0 Å². The minimum absolute atomic E-state index is 0.163. The van der Waals surface area contributed by atoms with Crippen molar-refractivity contribution in [2.75, 3.05) is 26.2 Å². The number of hydrogen-bond acceptors (Lipinski definition) is 3. The Balaban J connectivity index is 1.56. The lowest BCUT2D eigenvalue weighted by Crippen LogP contribution is -2.28. The molecule has 2 fully saturated rings. The fourth-order valence-corrected chi connectivity index (χ4v) is 3.36. The van der Waals surface area contributed by atoms with Gasteiger partial charge in [0.1, 0.15) is 5.75 Å². The lowest BCUT2D eigenvalue weighted by Gasteiger charge is -2.22. The molecule has 3 rings (SSSR count). The van der Waals surface area contributed by atoms with Gasteiger partial charge in [-0.2, -0.15) is 0 Å². The van der Waals surface area contributed by atoms with E-state index in [1.54, 1.807) is 12.1 Å². The van der Waals surface area contributed by atoms with Crippen molar-refractivity contribution in [1.82, 2.24) is 10.2 Å². The van der Waals surface area contributed by atoms with Crippen LogP contribution in [0, 0.1) is 5.41 Å². The van der Waals surface area contributed by atoms with Gasteiger partial charge in [-0.15, -0.1) is 13.2 Å². The van der Waals surface area contributed by atoms with Crippen LogP contribution in [0.3, 0.4) is 0 Å². The molecule has 0 aliphatic carbocycles. The molecule has 21 heavy (non-hydrogen) atoms. The van der Waals surface area contributed by atoms with Gasteiger partial charge in [0.25, 0.3) is 0 Å². The highest BCUT2D eigenvalue weighted by Gasteiger charge is 2.40. The molecule has 0 aromatic heterocycles. The molecule has 1 aromatic rings. The zero-order valence-corrected chi connectivity index (χ0v) is 11.7. The largest absolute Gasteiger partial charge is 0.573 e. The second-order valence-corrected chi connectivity index (χ2v) is 6.08. The monoisotopic (exact) mass is 300 g/mol. The quantitative estimate of drug-likeness (QED) is 0.929. The van der Waals surface area contributed by atoms with Crippen LogP contribution in [0.5, 0.6) is 5.75 Å². The number of halogens is 3. The molecule has 2 aliphatic heterocycles. The number of nitrogens with zero attached hydrogens (tertiary/aromatic N) is 1. The highest BCUT2D eigenvalue weighted by molar-refractivity contribution is 5.27. The third-order valence-electron chi connectivity index (χ3n) is 4.41. The highest BCUT2D eigenvalue weighted by Crippen LogP contribution is 2.36. The average molecular weight is 300 g/mol. The van der Waals surface area contributed by atoms with Crippen molar-refractivity contribution in [3.05, 3.63) is 29.8 Å². The number of ether oxygens (including phenoxy) is 1. The first-order valence-electron chi connectivity index (χ1n) is 7.22. The van der Waals surface area contributed by atoms with Crippen LogP contribution in [0.4, 0.5) is 13.2 Å². The van der Waals surface area contributed by atoms with Crippen molar-refractivity contribution in [3.8, 4) is 5.75 Å². The number of likely N-dealkylation sites (tertiary alicyclic amines) is 1. The molecule has 1 unspecified atom stereocenters. The second-order valence-electron chi connectivity index (χ2n) is 6.08. The van der Waals surface area contributed by atoms with E-state index in [0.29, 0.717) is 5.41 Å². The SMILES string of the molecule is FC(F)(F)Oc1ccc(CN2CCC3(CCNC3)C2)cc1. The van der Waals surface area contributed by atoms with Crippen LogP contribution >= 0.6 is 0 Å². The first-order chi connectivity index (χ1) is 9.94. The summed E-state index contributed by atoms with van der Waals surface area (Å²) in [7, 11) is 0. The number of hydrogen-bond donors (Lipinski definition) is 1. The summed E-state index contributed by atoms with van der Waals surface area (Å²) in [6.45, 7) is 5.09. The molecule has 1 spiro atoms. The summed E-state index contributed by atoms with van der Waals surface area (Å²) in [6.07, 6.45) is -2.20. The zero-order chi connectivity index (χ0) is 14.9. The molecule has 1 N–H and O–H groups in total. The molecule has 2 heterocycles. The Bertz CT molecular complexity index is 481. The third-order valence-corrected chi connectivity index (χ3v) is 4.41. The van der Waals surface area contributed by atoms with E-state index in [-0.39, 0.29) is 5.75 Å². The molecule has 1 aromatic carbocycles. The summed E-state index contributed by atoms with van der Waals surface area (Å²) in [5.41, 5.74) is 1.44. The topological polar surface area (TPSA) is 24.5 Å². The third kappa shape index (κ3) is 3.68. The minimum Gasteiger partial charge on any atom is -0.406 e. The minimum atomic E-state index is -4.63. The van der Waals surface area contributed by atoms with Crippen LogP contribution in [0.25, 0.3) is 0 Å². The molecular formula is C15H19F3N2O. The molecule has 2 saturated heterocycles. The van der Waals surface area contributed by atoms with Gasteiger partial charge in [-0.25, -0.2) is 0 Å². The van der Waals surface area contributed by atoms with Crippen LogP contribution in [-0.2, 0) is 6.54 Å². The first-order valence-corrected chi connectivity index (χ1v) is 7.22. The lowest BCUT2D eigenvalue weighted by molar-refractivity contribution is -0.274.